The quantitative estimate of drug-likeness (QED) is 0.402. The number of rotatable bonds is 5. The van der Waals surface area contributed by atoms with Crippen molar-refractivity contribution in [1.29, 1.82) is 0 Å². The van der Waals surface area contributed by atoms with Gasteiger partial charge in [-0.2, -0.15) is 9.78 Å². The third-order valence-electron chi connectivity index (χ3n) is 4.66. The Kier molecular flexibility index (Phi) is 6.68. The molecule has 0 unspecified atom stereocenters. The van der Waals surface area contributed by atoms with Gasteiger partial charge in [-0.1, -0.05) is 55.2 Å². The molecule has 0 aliphatic heterocycles. The number of halogens is 2. The van der Waals surface area contributed by atoms with Gasteiger partial charge >= 0.3 is 0 Å². The average molecular weight is 491 g/mol. The summed E-state index contributed by atoms with van der Waals surface area (Å²) >= 11 is 9.79. The van der Waals surface area contributed by atoms with E-state index in [2.05, 4.69) is 28.0 Å². The molecule has 1 atom stereocenters. The highest BCUT2D eigenvalue weighted by atomic mass is 79.9. The molecule has 0 aliphatic carbocycles. The molecule has 2 aromatic carbocycles. The summed E-state index contributed by atoms with van der Waals surface area (Å²) in [6.45, 7) is 10.1. The van der Waals surface area contributed by atoms with Crippen LogP contribution in [0.15, 0.2) is 50.8 Å². The Hall–Kier alpha value is -2.18. The molecule has 3 aromatic rings. The molecule has 7 heteroatoms. The molecule has 0 aliphatic rings. The highest BCUT2D eigenvalue weighted by Gasteiger charge is 2.22. The Labute approximate surface area is 189 Å². The second-order valence-corrected chi connectivity index (χ2v) is 9.56. The number of benzene rings is 2. The van der Waals surface area contributed by atoms with E-state index in [1.807, 2.05) is 52.0 Å². The van der Waals surface area contributed by atoms with Crippen molar-refractivity contribution < 1.29 is 4.74 Å². The minimum Gasteiger partial charge on any atom is -0.489 e. The first-order valence-corrected chi connectivity index (χ1v) is 11.0. The van der Waals surface area contributed by atoms with Crippen LogP contribution >= 0.6 is 27.5 Å². The van der Waals surface area contributed by atoms with Gasteiger partial charge in [-0.25, -0.2) is 4.98 Å². The fourth-order valence-corrected chi connectivity index (χ4v) is 3.45. The second kappa shape index (κ2) is 8.90. The molecule has 5 nitrogen and oxygen atoms in total. The monoisotopic (exact) mass is 489 g/mol. The first kappa shape index (κ1) is 22.5. The van der Waals surface area contributed by atoms with Crippen LogP contribution in [0.5, 0.6) is 5.75 Å². The standard InChI is InChI=1S/C23H25BrClN3O2/c1-6-14(2)30-20-10-7-15(11-18(20)25)13-26-28-21(29)17-12-16(24)8-9-19(17)27-22(28)23(3,4)5/h7-14H,6H2,1-5H3/t14-/m0/s1. The molecule has 0 fully saturated rings. The van der Waals surface area contributed by atoms with Crippen LogP contribution in [0, 0.1) is 0 Å². The molecule has 0 radical (unpaired) electrons. The Morgan fingerprint density at radius 2 is 2.00 bits per heavy atom. The van der Waals surface area contributed by atoms with Crippen molar-refractivity contribution >= 4 is 44.6 Å². The highest BCUT2D eigenvalue weighted by Crippen LogP contribution is 2.27. The summed E-state index contributed by atoms with van der Waals surface area (Å²) < 4.78 is 7.99. The van der Waals surface area contributed by atoms with Gasteiger partial charge in [0.1, 0.15) is 11.6 Å². The third-order valence-corrected chi connectivity index (χ3v) is 5.45. The van der Waals surface area contributed by atoms with E-state index < -0.39 is 0 Å². The topological polar surface area (TPSA) is 56.5 Å². The number of fused-ring (bicyclic) bond motifs is 1. The summed E-state index contributed by atoms with van der Waals surface area (Å²) in [7, 11) is 0. The molecule has 0 amide bonds. The minimum absolute atomic E-state index is 0.0814. The fourth-order valence-electron chi connectivity index (χ4n) is 2.86. The summed E-state index contributed by atoms with van der Waals surface area (Å²) in [5.41, 5.74) is 0.820. The van der Waals surface area contributed by atoms with Crippen molar-refractivity contribution in [2.45, 2.75) is 52.6 Å². The molecule has 3 rings (SSSR count). The van der Waals surface area contributed by atoms with E-state index in [4.69, 9.17) is 21.3 Å². The van der Waals surface area contributed by atoms with Gasteiger partial charge in [0.05, 0.1) is 28.2 Å². The number of hydrogen-bond acceptors (Lipinski definition) is 4. The van der Waals surface area contributed by atoms with Gasteiger partial charge in [-0.05, 0) is 55.3 Å². The van der Waals surface area contributed by atoms with Crippen molar-refractivity contribution in [2.75, 3.05) is 0 Å². The van der Waals surface area contributed by atoms with Crippen LogP contribution in [-0.4, -0.2) is 22.0 Å². The van der Waals surface area contributed by atoms with Gasteiger partial charge in [0.15, 0.2) is 0 Å². The molecular formula is C23H25BrClN3O2. The zero-order valence-corrected chi connectivity index (χ0v) is 20.1. The molecule has 0 saturated heterocycles. The zero-order valence-electron chi connectivity index (χ0n) is 17.7. The molecule has 0 spiro atoms. The van der Waals surface area contributed by atoms with Crippen LogP contribution in [0.2, 0.25) is 5.02 Å². The number of nitrogens with zero attached hydrogens (tertiary/aromatic N) is 3. The predicted octanol–water partition coefficient (Wildman–Crippen LogP) is 6.17. The Balaban J connectivity index is 2.06. The number of hydrogen-bond donors (Lipinski definition) is 0. The van der Waals surface area contributed by atoms with Crippen LogP contribution in [0.25, 0.3) is 10.9 Å². The molecule has 0 saturated carbocycles. The lowest BCUT2D eigenvalue weighted by atomic mass is 9.95. The minimum atomic E-state index is -0.372. The first-order chi connectivity index (χ1) is 14.1. The smallest absolute Gasteiger partial charge is 0.282 e. The maximum Gasteiger partial charge on any atom is 0.282 e. The molecule has 30 heavy (non-hydrogen) atoms. The first-order valence-electron chi connectivity index (χ1n) is 9.83. The van der Waals surface area contributed by atoms with Gasteiger partial charge in [-0.3, -0.25) is 4.79 Å². The molecule has 1 aromatic heterocycles. The van der Waals surface area contributed by atoms with Crippen LogP contribution in [0.3, 0.4) is 0 Å². The number of aromatic nitrogens is 2. The van der Waals surface area contributed by atoms with Crippen molar-refractivity contribution in [3.8, 4) is 5.75 Å². The molecule has 0 bridgehead atoms. The molecule has 1 heterocycles. The predicted molar refractivity (Wildman–Crippen MR) is 127 cm³/mol. The summed E-state index contributed by atoms with van der Waals surface area (Å²) in [6.07, 6.45) is 2.59. The van der Waals surface area contributed by atoms with Crippen molar-refractivity contribution in [1.82, 2.24) is 9.66 Å². The lowest BCUT2D eigenvalue weighted by Gasteiger charge is -2.20. The van der Waals surface area contributed by atoms with Gasteiger partial charge in [0.25, 0.3) is 5.56 Å². The highest BCUT2D eigenvalue weighted by molar-refractivity contribution is 9.10. The lowest BCUT2D eigenvalue weighted by molar-refractivity contribution is 0.217. The van der Waals surface area contributed by atoms with E-state index in [-0.39, 0.29) is 17.1 Å². The molecule has 158 valence electrons. The van der Waals surface area contributed by atoms with E-state index in [0.29, 0.717) is 27.5 Å². The van der Waals surface area contributed by atoms with Crippen molar-refractivity contribution in [3.05, 3.63) is 67.6 Å². The Morgan fingerprint density at radius 3 is 2.63 bits per heavy atom. The van der Waals surface area contributed by atoms with Crippen LogP contribution in [0.1, 0.15) is 52.4 Å². The van der Waals surface area contributed by atoms with Crippen LogP contribution in [0.4, 0.5) is 0 Å². The van der Waals surface area contributed by atoms with Crippen molar-refractivity contribution in [2.24, 2.45) is 5.10 Å². The van der Waals surface area contributed by atoms with E-state index in [1.165, 1.54) is 4.68 Å². The zero-order chi connectivity index (χ0) is 22.1. The van der Waals surface area contributed by atoms with Gasteiger partial charge in [0, 0.05) is 9.89 Å². The molecular weight excluding hydrogens is 466 g/mol. The van der Waals surface area contributed by atoms with E-state index in [1.54, 1.807) is 18.3 Å². The van der Waals surface area contributed by atoms with Crippen LogP contribution < -0.4 is 10.3 Å². The SMILES string of the molecule is CC[C@H](C)Oc1ccc(C=Nn2c(C(C)(C)C)nc3ccc(Br)cc3c2=O)cc1Cl. The summed E-state index contributed by atoms with van der Waals surface area (Å²) in [4.78, 5) is 17.9. The maximum absolute atomic E-state index is 13.2. The third kappa shape index (κ3) is 4.93. The van der Waals surface area contributed by atoms with Gasteiger partial charge in [-0.15, -0.1) is 0 Å². The molecule has 0 N–H and O–H groups in total. The average Bonchev–Trinajstić information content (AvgIpc) is 2.68. The summed E-state index contributed by atoms with van der Waals surface area (Å²) in [5, 5.41) is 5.48. The Morgan fingerprint density at radius 1 is 1.27 bits per heavy atom. The van der Waals surface area contributed by atoms with Crippen molar-refractivity contribution in [3.63, 3.8) is 0 Å². The maximum atomic E-state index is 13.2. The fraction of sp³-hybridized carbons (Fsp3) is 0.348. The van der Waals surface area contributed by atoms with E-state index in [9.17, 15) is 4.79 Å². The summed E-state index contributed by atoms with van der Waals surface area (Å²) in [5.74, 6) is 1.22. The van der Waals surface area contributed by atoms with E-state index >= 15 is 0 Å². The lowest BCUT2D eigenvalue weighted by Crippen LogP contribution is -2.29. The van der Waals surface area contributed by atoms with Crippen LogP contribution in [-0.2, 0) is 5.41 Å². The number of ether oxygens (including phenoxy) is 1. The Bertz CT molecular complexity index is 1170. The normalized spacial score (nSPS) is 13.2. The van der Waals surface area contributed by atoms with E-state index in [0.717, 1.165) is 16.5 Å². The second-order valence-electron chi connectivity index (χ2n) is 8.23. The van der Waals surface area contributed by atoms with Gasteiger partial charge < -0.3 is 4.74 Å². The van der Waals surface area contributed by atoms with Gasteiger partial charge in [0.2, 0.25) is 0 Å². The summed E-state index contributed by atoms with van der Waals surface area (Å²) in [6, 6.07) is 10.9. The largest absolute Gasteiger partial charge is 0.489 e.